The molecule has 1 aliphatic rings. The van der Waals surface area contributed by atoms with Gasteiger partial charge in [-0.3, -0.25) is 14.2 Å². The zero-order valence-corrected chi connectivity index (χ0v) is 44.3. The number of carbonyl (C=O) groups is 2. The van der Waals surface area contributed by atoms with Crippen LogP contribution in [0.15, 0.2) is 146 Å². The fourth-order valence-corrected chi connectivity index (χ4v) is 11.0. The van der Waals surface area contributed by atoms with Gasteiger partial charge in [0.15, 0.2) is 17.0 Å². The average Bonchev–Trinajstić information content (AvgIpc) is 4.05. The molecule has 7 aromatic rings. The zero-order chi connectivity index (χ0) is 52.4. The molecule has 1 aliphatic heterocycles. The quantitative estimate of drug-likeness (QED) is 0.0477. The Labute approximate surface area is 434 Å². The molecule has 0 radical (unpaired) electrons. The maximum absolute atomic E-state index is 14.0. The molecule has 0 saturated carbocycles. The van der Waals surface area contributed by atoms with Gasteiger partial charge in [0, 0.05) is 42.2 Å². The molecule has 2 amide bonds. The smallest absolute Gasteiger partial charge is 0.259 e. The maximum atomic E-state index is 14.0. The molecule has 1 fully saturated rings. The third kappa shape index (κ3) is 11.9. The van der Waals surface area contributed by atoms with E-state index < -0.39 is 32.6 Å². The number of imidazole rings is 1. The number of hydrogen-bond acceptors (Lipinski definition) is 13. The van der Waals surface area contributed by atoms with Gasteiger partial charge >= 0.3 is 0 Å². The number of nitrogens with zero attached hydrogens (tertiary/aromatic N) is 6. The molecule has 0 spiro atoms. The number of carbonyl (C=O) groups excluding carboxylic acids is 2. The fourth-order valence-electron chi connectivity index (χ4n) is 9.29. The summed E-state index contributed by atoms with van der Waals surface area (Å²) >= 11 is 0. The first-order valence-corrected chi connectivity index (χ1v) is 26.0. The topological polar surface area (TPSA) is 161 Å². The first-order valence-electron chi connectivity index (χ1n) is 24.9. The number of fused-ring (bicyclic) bond motifs is 1. The first kappa shape index (κ1) is 53.5. The highest BCUT2D eigenvalue weighted by Gasteiger charge is 2.45. The lowest BCUT2D eigenvalue weighted by Crippen LogP contribution is -2.41. The van der Waals surface area contributed by atoms with E-state index >= 15 is 0 Å². The van der Waals surface area contributed by atoms with Crippen molar-refractivity contribution in [3.05, 3.63) is 174 Å². The van der Waals surface area contributed by atoms with E-state index in [1.165, 1.54) is 6.33 Å². The molecule has 16 nitrogen and oxygen atoms in total. The van der Waals surface area contributed by atoms with E-state index in [0.29, 0.717) is 52.5 Å². The summed E-state index contributed by atoms with van der Waals surface area (Å²) in [6, 6.07) is 41.9. The molecule has 1 unspecified atom stereocenters. The predicted molar refractivity (Wildman–Crippen MR) is 286 cm³/mol. The van der Waals surface area contributed by atoms with E-state index in [2.05, 4.69) is 59.8 Å². The van der Waals surface area contributed by atoms with Gasteiger partial charge in [-0.15, -0.1) is 0 Å². The van der Waals surface area contributed by atoms with Crippen LogP contribution in [0.5, 0.6) is 17.2 Å². The summed E-state index contributed by atoms with van der Waals surface area (Å²) in [6.45, 7) is 13.0. The lowest BCUT2D eigenvalue weighted by Gasteiger charge is -2.39. The second-order valence-corrected chi connectivity index (χ2v) is 20.1. The number of aromatic nitrogens is 4. The summed E-state index contributed by atoms with van der Waals surface area (Å²) in [5.41, 5.74) is 3.34. The van der Waals surface area contributed by atoms with Gasteiger partial charge in [-0.2, -0.15) is 0 Å². The van der Waals surface area contributed by atoms with Crippen LogP contribution < -0.4 is 19.5 Å². The minimum absolute atomic E-state index is 0.0192. The number of benzene rings is 5. The summed E-state index contributed by atoms with van der Waals surface area (Å²) in [4.78, 5) is 42.9. The van der Waals surface area contributed by atoms with Crippen LogP contribution in [-0.4, -0.2) is 112 Å². The predicted octanol–water partition coefficient (Wildman–Crippen LogP) is 10.7. The SMILES string of the molecule is COc1ccc(C(=O)N(CCOP(O[C@H]2C[C@H](n3cnc4c(NC(=O)c5ccccc5)ncnc43)O[C@@H]2COC(c2ccccc2)(c2ccc(OC)cc2)c2ccc(OC)cc2)N(C(C)C)C(C)C)C(C)C)cc1. The highest BCUT2D eigenvalue weighted by molar-refractivity contribution is 7.44. The van der Waals surface area contributed by atoms with Gasteiger partial charge in [-0.05, 0) is 119 Å². The number of ether oxygens (including phenoxy) is 5. The van der Waals surface area contributed by atoms with Gasteiger partial charge in [0.2, 0.25) is 0 Å². The van der Waals surface area contributed by atoms with Crippen molar-refractivity contribution >= 4 is 37.3 Å². The van der Waals surface area contributed by atoms with Gasteiger partial charge in [-0.1, -0.05) is 72.8 Å². The minimum Gasteiger partial charge on any atom is -0.497 e. The Bertz CT molecular complexity index is 2850. The Balaban J connectivity index is 1.16. The summed E-state index contributed by atoms with van der Waals surface area (Å²) in [5.74, 6) is 1.91. The van der Waals surface area contributed by atoms with Crippen LogP contribution in [0.1, 0.15) is 91.6 Å². The van der Waals surface area contributed by atoms with Crippen molar-refractivity contribution in [1.82, 2.24) is 29.1 Å². The molecule has 1 N–H and O–H groups in total. The third-order valence-corrected chi connectivity index (χ3v) is 15.1. The van der Waals surface area contributed by atoms with Crippen LogP contribution in [-0.2, 0) is 24.1 Å². The molecule has 74 heavy (non-hydrogen) atoms. The van der Waals surface area contributed by atoms with E-state index in [4.69, 9.17) is 37.7 Å². The molecular formula is C57H66N7O9P. The molecule has 2 aromatic heterocycles. The van der Waals surface area contributed by atoms with Gasteiger partial charge in [0.1, 0.15) is 41.5 Å². The molecule has 3 heterocycles. The van der Waals surface area contributed by atoms with Crippen LogP contribution in [0.4, 0.5) is 5.82 Å². The van der Waals surface area contributed by atoms with Crippen molar-refractivity contribution in [2.45, 2.75) is 90.1 Å². The number of methoxy groups -OCH3 is 3. The summed E-state index contributed by atoms with van der Waals surface area (Å²) in [7, 11) is 3.10. The van der Waals surface area contributed by atoms with Gasteiger partial charge in [0.25, 0.3) is 20.3 Å². The molecular weight excluding hydrogens is 958 g/mol. The number of amides is 2. The average molecular weight is 1020 g/mol. The Morgan fingerprint density at radius 1 is 0.703 bits per heavy atom. The van der Waals surface area contributed by atoms with E-state index in [0.717, 1.165) is 16.7 Å². The lowest BCUT2D eigenvalue weighted by molar-refractivity contribution is -0.0912. The van der Waals surface area contributed by atoms with E-state index in [9.17, 15) is 9.59 Å². The van der Waals surface area contributed by atoms with Crippen molar-refractivity contribution in [3.63, 3.8) is 0 Å². The molecule has 17 heteroatoms. The van der Waals surface area contributed by atoms with Crippen molar-refractivity contribution in [2.24, 2.45) is 0 Å². The third-order valence-electron chi connectivity index (χ3n) is 13.0. The Hall–Kier alpha value is -6.78. The number of hydrogen-bond donors (Lipinski definition) is 1. The van der Waals surface area contributed by atoms with Crippen LogP contribution >= 0.6 is 8.53 Å². The number of rotatable bonds is 23. The normalized spacial score (nSPS) is 16.3. The van der Waals surface area contributed by atoms with Crippen LogP contribution in [0.25, 0.3) is 11.2 Å². The van der Waals surface area contributed by atoms with Crippen LogP contribution in [0.3, 0.4) is 0 Å². The van der Waals surface area contributed by atoms with E-state index in [1.54, 1.807) is 81.1 Å². The summed E-state index contributed by atoms with van der Waals surface area (Å²) in [6.07, 6.45) is 1.46. The van der Waals surface area contributed by atoms with Crippen LogP contribution in [0, 0.1) is 0 Å². The minimum atomic E-state index is -1.78. The second kappa shape index (κ2) is 24.5. The summed E-state index contributed by atoms with van der Waals surface area (Å²) in [5, 5.41) is 2.92. The van der Waals surface area contributed by atoms with Gasteiger partial charge in [-0.25, -0.2) is 19.6 Å². The standard InChI is InChI=1S/C57H66N7O9P/c1-38(2)62(56(66)42-20-26-46(67-7)27-21-42)32-33-71-74(64(39(3)4)40(5)6)73-49-34-51(63-37-60-52-53(58-36-59-54(52)63)61-55(65)41-16-12-10-13-17-41)72-50(49)35-70-57(43-18-14-11-15-19-43,44-22-28-47(68-8)29-23-44)45-24-30-48(69-9)31-25-45/h10-31,36-40,49-51H,32-35H2,1-9H3,(H,58,59,61,65)/t49-,50+,51+,74?/m0/s1. The zero-order valence-electron chi connectivity index (χ0n) is 43.5. The van der Waals surface area contributed by atoms with Crippen molar-refractivity contribution < 1.29 is 42.3 Å². The van der Waals surface area contributed by atoms with Gasteiger partial charge < -0.3 is 42.9 Å². The molecule has 0 aliphatic carbocycles. The highest BCUT2D eigenvalue weighted by atomic mass is 31.2. The largest absolute Gasteiger partial charge is 0.497 e. The molecule has 4 atom stereocenters. The molecule has 1 saturated heterocycles. The molecule has 0 bridgehead atoms. The lowest BCUT2D eigenvalue weighted by atomic mass is 9.80. The maximum Gasteiger partial charge on any atom is 0.259 e. The van der Waals surface area contributed by atoms with Crippen molar-refractivity contribution in [2.75, 3.05) is 46.4 Å². The Morgan fingerprint density at radius 2 is 1.26 bits per heavy atom. The van der Waals surface area contributed by atoms with Crippen molar-refractivity contribution in [1.29, 1.82) is 0 Å². The highest BCUT2D eigenvalue weighted by Crippen LogP contribution is 2.51. The monoisotopic (exact) mass is 1020 g/mol. The number of anilines is 1. The van der Waals surface area contributed by atoms with E-state index in [-0.39, 0.29) is 49.0 Å². The first-order chi connectivity index (χ1) is 35.8. The van der Waals surface area contributed by atoms with Crippen molar-refractivity contribution in [3.8, 4) is 17.2 Å². The Kier molecular flexibility index (Phi) is 17.7. The van der Waals surface area contributed by atoms with Crippen LogP contribution in [0.2, 0.25) is 0 Å². The molecule has 5 aromatic carbocycles. The Morgan fingerprint density at radius 3 is 1.81 bits per heavy atom. The summed E-state index contributed by atoms with van der Waals surface area (Å²) < 4.78 is 49.5. The van der Waals surface area contributed by atoms with E-state index in [1.807, 2.05) is 91.2 Å². The molecule has 8 rings (SSSR count). The second-order valence-electron chi connectivity index (χ2n) is 18.6. The number of nitrogens with one attached hydrogen (secondary N) is 1. The fraction of sp³-hybridized carbons (Fsp3) is 0.351. The van der Waals surface area contributed by atoms with Gasteiger partial charge in [0.05, 0.1) is 47.0 Å². The molecule has 388 valence electrons.